The zero-order chi connectivity index (χ0) is 9.42. The average Bonchev–Trinajstić information content (AvgIpc) is 2.15. The molecule has 3 N–H and O–H groups in total. The summed E-state index contributed by atoms with van der Waals surface area (Å²) in [6.45, 7) is 0. The standard InChI is InChI=1S/C10H8N2O/c11-8-5-9(12)10(13)7-4-2-1-3-6(7)8/h1-5,11H,12H2. The highest BCUT2D eigenvalue weighted by molar-refractivity contribution is 6.24. The van der Waals surface area contributed by atoms with Gasteiger partial charge in [-0.2, -0.15) is 0 Å². The molecule has 64 valence electrons. The van der Waals surface area contributed by atoms with E-state index < -0.39 is 0 Å². The second-order valence-electron chi connectivity index (χ2n) is 2.89. The van der Waals surface area contributed by atoms with Crippen molar-refractivity contribution in [1.82, 2.24) is 0 Å². The third kappa shape index (κ3) is 1.05. The Morgan fingerprint density at radius 3 is 2.46 bits per heavy atom. The molecule has 1 aromatic rings. The highest BCUT2D eigenvalue weighted by Gasteiger charge is 2.20. The van der Waals surface area contributed by atoms with Crippen molar-refractivity contribution in [2.45, 2.75) is 0 Å². The molecule has 0 aromatic heterocycles. The minimum absolute atomic E-state index is 0.142. The van der Waals surface area contributed by atoms with E-state index in [9.17, 15) is 4.79 Å². The van der Waals surface area contributed by atoms with E-state index in [1.807, 2.05) is 0 Å². The van der Waals surface area contributed by atoms with Crippen molar-refractivity contribution >= 4 is 11.5 Å². The van der Waals surface area contributed by atoms with Gasteiger partial charge in [-0.1, -0.05) is 24.3 Å². The number of benzene rings is 1. The van der Waals surface area contributed by atoms with Crippen molar-refractivity contribution in [1.29, 1.82) is 5.41 Å². The van der Waals surface area contributed by atoms with Crippen LogP contribution in [0.25, 0.3) is 0 Å². The molecular weight excluding hydrogens is 164 g/mol. The van der Waals surface area contributed by atoms with Gasteiger partial charge in [0.05, 0.1) is 11.4 Å². The van der Waals surface area contributed by atoms with Crippen molar-refractivity contribution in [3.05, 3.63) is 47.2 Å². The molecule has 0 saturated carbocycles. The molecule has 0 fully saturated rings. The smallest absolute Gasteiger partial charge is 0.209 e. The Morgan fingerprint density at radius 1 is 1.15 bits per heavy atom. The molecule has 0 unspecified atom stereocenters. The average molecular weight is 172 g/mol. The van der Waals surface area contributed by atoms with Gasteiger partial charge in [0.15, 0.2) is 0 Å². The van der Waals surface area contributed by atoms with Crippen molar-refractivity contribution in [3.63, 3.8) is 0 Å². The van der Waals surface area contributed by atoms with Crippen molar-refractivity contribution < 1.29 is 4.79 Å². The highest BCUT2D eigenvalue weighted by Crippen LogP contribution is 2.17. The first-order valence-electron chi connectivity index (χ1n) is 3.90. The summed E-state index contributed by atoms with van der Waals surface area (Å²) in [5, 5.41) is 7.58. The second kappa shape index (κ2) is 2.55. The lowest BCUT2D eigenvalue weighted by atomic mass is 9.93. The predicted molar refractivity (Wildman–Crippen MR) is 49.9 cm³/mol. The molecule has 0 spiro atoms. The van der Waals surface area contributed by atoms with E-state index >= 15 is 0 Å². The SMILES string of the molecule is N=C1C=C(N)C(=O)c2ccccc21. The number of allylic oxidation sites excluding steroid dienone is 2. The van der Waals surface area contributed by atoms with Gasteiger partial charge < -0.3 is 11.1 Å². The third-order valence-corrected chi connectivity index (χ3v) is 2.02. The number of rotatable bonds is 0. The molecule has 1 aliphatic carbocycles. The molecule has 0 saturated heterocycles. The number of fused-ring (bicyclic) bond motifs is 1. The van der Waals surface area contributed by atoms with Crippen LogP contribution in [0.3, 0.4) is 0 Å². The molecule has 1 aromatic carbocycles. The number of Topliss-reactive ketones (excluding diaryl/α,β-unsaturated/α-hetero) is 1. The van der Waals surface area contributed by atoms with Gasteiger partial charge >= 0.3 is 0 Å². The fourth-order valence-corrected chi connectivity index (χ4v) is 1.37. The Balaban J connectivity index is 2.69. The van der Waals surface area contributed by atoms with Gasteiger partial charge in [0.2, 0.25) is 5.78 Å². The molecule has 0 heterocycles. The van der Waals surface area contributed by atoms with E-state index in [4.69, 9.17) is 11.1 Å². The first kappa shape index (κ1) is 7.73. The molecule has 0 atom stereocenters. The Hall–Kier alpha value is -1.90. The summed E-state index contributed by atoms with van der Waals surface area (Å²) >= 11 is 0. The predicted octanol–water partition coefficient (Wildman–Crippen LogP) is 1.09. The minimum Gasteiger partial charge on any atom is -0.395 e. The van der Waals surface area contributed by atoms with E-state index in [0.29, 0.717) is 16.8 Å². The van der Waals surface area contributed by atoms with E-state index in [1.54, 1.807) is 24.3 Å². The monoisotopic (exact) mass is 172 g/mol. The van der Waals surface area contributed by atoms with Crippen LogP contribution in [-0.2, 0) is 0 Å². The van der Waals surface area contributed by atoms with Gasteiger partial charge in [-0.05, 0) is 6.08 Å². The molecule has 0 aliphatic heterocycles. The van der Waals surface area contributed by atoms with Gasteiger partial charge in [0.25, 0.3) is 0 Å². The van der Waals surface area contributed by atoms with Gasteiger partial charge in [0.1, 0.15) is 0 Å². The Labute approximate surface area is 75.4 Å². The Morgan fingerprint density at radius 2 is 1.77 bits per heavy atom. The Bertz CT molecular complexity index is 432. The maximum atomic E-state index is 11.5. The van der Waals surface area contributed by atoms with Gasteiger partial charge in [-0.15, -0.1) is 0 Å². The van der Waals surface area contributed by atoms with E-state index in [1.165, 1.54) is 6.08 Å². The van der Waals surface area contributed by atoms with Crippen molar-refractivity contribution in [2.24, 2.45) is 5.73 Å². The number of hydrogen-bond acceptors (Lipinski definition) is 3. The topological polar surface area (TPSA) is 66.9 Å². The lowest BCUT2D eigenvalue weighted by Crippen LogP contribution is -2.21. The Kier molecular flexibility index (Phi) is 1.52. The molecule has 1 aliphatic rings. The summed E-state index contributed by atoms with van der Waals surface area (Å²) in [6.07, 6.45) is 1.39. The van der Waals surface area contributed by atoms with Crippen LogP contribution in [0, 0.1) is 5.41 Å². The fraction of sp³-hybridized carbons (Fsp3) is 0. The van der Waals surface area contributed by atoms with Crippen LogP contribution in [0.5, 0.6) is 0 Å². The maximum absolute atomic E-state index is 11.5. The first-order chi connectivity index (χ1) is 6.20. The van der Waals surface area contributed by atoms with Crippen LogP contribution < -0.4 is 5.73 Å². The fourth-order valence-electron chi connectivity index (χ4n) is 1.37. The number of nitrogens with one attached hydrogen (secondary N) is 1. The third-order valence-electron chi connectivity index (χ3n) is 2.02. The number of nitrogens with two attached hydrogens (primary N) is 1. The summed E-state index contributed by atoms with van der Waals surface area (Å²) in [7, 11) is 0. The zero-order valence-corrected chi connectivity index (χ0v) is 6.87. The van der Waals surface area contributed by atoms with E-state index in [0.717, 1.165) is 0 Å². The maximum Gasteiger partial charge on any atom is 0.209 e. The van der Waals surface area contributed by atoms with Gasteiger partial charge in [-0.3, -0.25) is 4.79 Å². The lowest BCUT2D eigenvalue weighted by molar-refractivity contribution is 0.103. The summed E-state index contributed by atoms with van der Waals surface area (Å²) in [5.74, 6) is -0.188. The van der Waals surface area contributed by atoms with Crippen LogP contribution in [0.1, 0.15) is 15.9 Å². The van der Waals surface area contributed by atoms with Crippen LogP contribution in [-0.4, -0.2) is 11.5 Å². The molecule has 3 heteroatoms. The molecule has 0 radical (unpaired) electrons. The zero-order valence-electron chi connectivity index (χ0n) is 6.87. The highest BCUT2D eigenvalue weighted by atomic mass is 16.1. The normalized spacial score (nSPS) is 15.2. The van der Waals surface area contributed by atoms with Crippen LogP contribution >= 0.6 is 0 Å². The second-order valence-corrected chi connectivity index (χ2v) is 2.89. The number of carbonyl (C=O) groups is 1. The lowest BCUT2D eigenvalue weighted by Gasteiger charge is -2.12. The summed E-state index contributed by atoms with van der Waals surface area (Å²) in [5.41, 5.74) is 7.07. The molecule has 0 amide bonds. The number of carbonyl (C=O) groups excluding carboxylic acids is 1. The van der Waals surface area contributed by atoms with Gasteiger partial charge in [-0.25, -0.2) is 0 Å². The van der Waals surface area contributed by atoms with Crippen molar-refractivity contribution in [3.8, 4) is 0 Å². The molecule has 3 nitrogen and oxygen atoms in total. The summed E-state index contributed by atoms with van der Waals surface area (Å²) in [6, 6.07) is 7.00. The van der Waals surface area contributed by atoms with Crippen molar-refractivity contribution in [2.75, 3.05) is 0 Å². The molecule has 13 heavy (non-hydrogen) atoms. The molecule has 2 rings (SSSR count). The summed E-state index contributed by atoms with van der Waals surface area (Å²) in [4.78, 5) is 11.5. The molecular formula is C10H8N2O. The van der Waals surface area contributed by atoms with E-state index in [-0.39, 0.29) is 11.5 Å². The number of hydrogen-bond donors (Lipinski definition) is 2. The molecule has 0 bridgehead atoms. The number of ketones is 1. The summed E-state index contributed by atoms with van der Waals surface area (Å²) < 4.78 is 0. The van der Waals surface area contributed by atoms with Gasteiger partial charge in [0, 0.05) is 11.1 Å². The van der Waals surface area contributed by atoms with E-state index in [2.05, 4.69) is 0 Å². The quantitative estimate of drug-likeness (QED) is 0.615. The minimum atomic E-state index is -0.188. The first-order valence-corrected chi connectivity index (χ1v) is 3.90. The van der Waals surface area contributed by atoms with Crippen LogP contribution in [0.2, 0.25) is 0 Å². The van der Waals surface area contributed by atoms with Crippen LogP contribution in [0.15, 0.2) is 36.0 Å². The largest absolute Gasteiger partial charge is 0.395 e. The van der Waals surface area contributed by atoms with Crippen LogP contribution in [0.4, 0.5) is 0 Å².